The smallest absolute Gasteiger partial charge is 0.408 e. The summed E-state index contributed by atoms with van der Waals surface area (Å²) in [5.74, 6) is -2.55. The van der Waals surface area contributed by atoms with Crippen LogP contribution in [0.4, 0.5) is 15.3 Å². The van der Waals surface area contributed by atoms with Gasteiger partial charge in [0.1, 0.15) is 35.9 Å². The molecule has 4 aromatic rings. The van der Waals surface area contributed by atoms with E-state index in [2.05, 4.69) is 31.6 Å². The Bertz CT molecular complexity index is 2070. The molecule has 3 atom stereocenters. The molecule has 1 aromatic heterocycles. The highest BCUT2D eigenvalue weighted by atomic mass is 16.6. The Morgan fingerprint density at radius 2 is 1.20 bits per heavy atom. The molecule has 0 bridgehead atoms. The molecule has 5 amide bonds. The molecule has 3 aromatic carbocycles. The van der Waals surface area contributed by atoms with E-state index in [0.717, 1.165) is 22.0 Å². The Hall–Kier alpha value is -6.51. The number of hydrogen-bond acceptors (Lipinski definition) is 10. The van der Waals surface area contributed by atoms with Gasteiger partial charge in [-0.1, -0.05) is 78.9 Å². The molecule has 5 N–H and O–H groups in total. The van der Waals surface area contributed by atoms with Crippen molar-refractivity contribution in [3.05, 3.63) is 108 Å². The topological polar surface area (TPSA) is 203 Å². The summed E-state index contributed by atoms with van der Waals surface area (Å²) in [7, 11) is 0. The second-order valence-corrected chi connectivity index (χ2v) is 16.2. The van der Waals surface area contributed by atoms with E-state index < -0.39 is 71.6 Å². The van der Waals surface area contributed by atoms with Gasteiger partial charge in [-0.2, -0.15) is 0 Å². The van der Waals surface area contributed by atoms with E-state index in [0.29, 0.717) is 12.1 Å². The lowest BCUT2D eigenvalue weighted by molar-refractivity contribution is -0.147. The van der Waals surface area contributed by atoms with Gasteiger partial charge < -0.3 is 40.8 Å². The number of para-hydroxylation sites is 1. The first kappa shape index (κ1) is 46.2. The van der Waals surface area contributed by atoms with Crippen LogP contribution in [-0.4, -0.2) is 76.7 Å². The number of esters is 1. The van der Waals surface area contributed by atoms with E-state index >= 15 is 0 Å². The number of carbonyl (C=O) groups excluding carboxylic acids is 6. The summed E-state index contributed by atoms with van der Waals surface area (Å²) in [5, 5.41) is 14.3. The highest BCUT2D eigenvalue weighted by Crippen LogP contribution is 2.18. The van der Waals surface area contributed by atoms with Crippen molar-refractivity contribution >= 4 is 52.5 Å². The number of hydrogen-bond donors (Lipinski definition) is 5. The van der Waals surface area contributed by atoms with Crippen LogP contribution in [0.15, 0.2) is 97.2 Å². The van der Waals surface area contributed by atoms with E-state index in [1.54, 1.807) is 78.1 Å². The zero-order valence-electron chi connectivity index (χ0n) is 35.0. The maximum Gasteiger partial charge on any atom is 0.408 e. The van der Waals surface area contributed by atoms with Crippen LogP contribution in [-0.2, 0) is 46.4 Å². The van der Waals surface area contributed by atoms with Crippen molar-refractivity contribution in [2.24, 2.45) is 0 Å². The van der Waals surface area contributed by atoms with Crippen LogP contribution in [0, 0.1) is 0 Å². The van der Waals surface area contributed by atoms with Gasteiger partial charge >= 0.3 is 18.2 Å². The van der Waals surface area contributed by atoms with Gasteiger partial charge in [0.15, 0.2) is 0 Å². The van der Waals surface area contributed by atoms with Gasteiger partial charge in [-0.15, -0.1) is 0 Å². The predicted octanol–water partition coefficient (Wildman–Crippen LogP) is 6.11. The number of carbonyl (C=O) groups is 6. The molecule has 320 valence electrons. The number of aromatic nitrogens is 1. The lowest BCUT2D eigenvalue weighted by Gasteiger charge is -2.25. The molecule has 0 spiro atoms. The minimum atomic E-state index is -1.34. The van der Waals surface area contributed by atoms with Crippen molar-refractivity contribution in [2.75, 3.05) is 11.9 Å². The molecular weight excluding hydrogens is 769 g/mol. The van der Waals surface area contributed by atoms with Crippen molar-refractivity contribution in [3.63, 3.8) is 0 Å². The number of rotatable bonds is 18. The molecule has 0 saturated carbocycles. The second-order valence-electron chi connectivity index (χ2n) is 16.2. The van der Waals surface area contributed by atoms with Crippen LogP contribution in [0.2, 0.25) is 0 Å². The predicted molar refractivity (Wildman–Crippen MR) is 226 cm³/mol. The van der Waals surface area contributed by atoms with Gasteiger partial charge in [-0.25, -0.2) is 9.59 Å². The highest BCUT2D eigenvalue weighted by molar-refractivity contribution is 5.99. The Labute approximate surface area is 350 Å². The van der Waals surface area contributed by atoms with Crippen molar-refractivity contribution < 1.29 is 43.0 Å². The number of ether oxygens (including phenoxy) is 3. The van der Waals surface area contributed by atoms with Gasteiger partial charge in [0.25, 0.3) is 0 Å². The molecule has 15 nitrogen and oxygen atoms in total. The number of nitrogens with one attached hydrogen (secondary N) is 5. The summed E-state index contributed by atoms with van der Waals surface area (Å²) >= 11 is 0. The van der Waals surface area contributed by atoms with Crippen LogP contribution in [0.1, 0.15) is 78.4 Å². The van der Waals surface area contributed by atoms with Crippen molar-refractivity contribution in [1.82, 2.24) is 26.3 Å². The number of pyridine rings is 1. The van der Waals surface area contributed by atoms with E-state index in [1.165, 1.54) is 0 Å². The van der Waals surface area contributed by atoms with Gasteiger partial charge in [-0.3, -0.25) is 24.2 Å². The minimum Gasteiger partial charge on any atom is -0.461 e. The number of alkyl carbamates (subject to hydrolysis) is 2. The number of benzene rings is 3. The van der Waals surface area contributed by atoms with Crippen LogP contribution in [0.3, 0.4) is 0 Å². The van der Waals surface area contributed by atoms with Gasteiger partial charge in [0, 0.05) is 11.9 Å². The fourth-order valence-electron chi connectivity index (χ4n) is 5.85. The molecule has 15 heteroatoms. The molecule has 4 rings (SSSR count). The Balaban J connectivity index is 1.45. The summed E-state index contributed by atoms with van der Waals surface area (Å²) in [4.78, 5) is 84.0. The monoisotopic (exact) mass is 824 g/mol. The van der Waals surface area contributed by atoms with E-state index in [9.17, 15) is 28.8 Å². The van der Waals surface area contributed by atoms with Crippen molar-refractivity contribution in [3.8, 4) is 0 Å². The fraction of sp³-hybridized carbons (Fsp3) is 0.400. The van der Waals surface area contributed by atoms with Crippen molar-refractivity contribution in [1.29, 1.82) is 0 Å². The first-order valence-electron chi connectivity index (χ1n) is 19.9. The largest absolute Gasteiger partial charge is 0.461 e. The Morgan fingerprint density at radius 1 is 0.633 bits per heavy atom. The van der Waals surface area contributed by atoms with Crippen LogP contribution >= 0.6 is 0 Å². The van der Waals surface area contributed by atoms with Crippen LogP contribution < -0.4 is 26.6 Å². The van der Waals surface area contributed by atoms with E-state index in [-0.39, 0.29) is 32.4 Å². The number of aryl methyl sites for hydroxylation is 1. The summed E-state index contributed by atoms with van der Waals surface area (Å²) < 4.78 is 16.1. The lowest BCUT2D eigenvalue weighted by Crippen LogP contribution is -2.53. The average Bonchev–Trinajstić information content (AvgIpc) is 3.18. The third-order valence-electron chi connectivity index (χ3n) is 8.65. The summed E-state index contributed by atoms with van der Waals surface area (Å²) in [6, 6.07) is 24.2. The molecule has 0 aliphatic carbocycles. The molecule has 1 heterocycles. The fourth-order valence-corrected chi connectivity index (χ4v) is 5.85. The van der Waals surface area contributed by atoms with E-state index in [4.69, 9.17) is 14.2 Å². The first-order chi connectivity index (χ1) is 28.4. The number of amides is 5. The standard InChI is InChI=1S/C45H56N6O9/c1-44(2,3)59-42(56)50-35(22-15-25-46-39(53)37(51-43(57)60-45(4,5)6)27-38(52)58-29-31-18-11-8-12-19-31)41(55)49-36(24-23-30-16-9-7-10-17-30)40(54)48-33-26-32-20-13-14-21-34(32)47-28-33/h7-14,16-21,26,28,35-37H,15,22-25,27,29H2,1-6H3,(H,46,53)(H,48,54)(H,49,55)(H,50,56)(H,51,57)/t35-,36+,37+/m0/s1. The third kappa shape index (κ3) is 16.8. The van der Waals surface area contributed by atoms with E-state index in [1.807, 2.05) is 60.7 Å². The zero-order chi connectivity index (χ0) is 43.7. The molecule has 0 radical (unpaired) electrons. The maximum absolute atomic E-state index is 14.0. The molecule has 0 aliphatic heterocycles. The van der Waals surface area contributed by atoms with Gasteiger partial charge in [0.2, 0.25) is 17.7 Å². The highest BCUT2D eigenvalue weighted by Gasteiger charge is 2.30. The summed E-state index contributed by atoms with van der Waals surface area (Å²) in [5.41, 5.74) is 1.16. The molecule has 0 aliphatic rings. The number of nitrogens with zero attached hydrogens (tertiary/aromatic N) is 1. The molecule has 0 saturated heterocycles. The molecule has 0 unspecified atom stereocenters. The van der Waals surface area contributed by atoms with Gasteiger partial charge in [0.05, 0.1) is 23.8 Å². The van der Waals surface area contributed by atoms with Crippen molar-refractivity contribution in [2.45, 2.75) is 110 Å². The Morgan fingerprint density at radius 3 is 1.83 bits per heavy atom. The first-order valence-corrected chi connectivity index (χ1v) is 19.9. The number of anilines is 1. The normalized spacial score (nSPS) is 12.8. The second kappa shape index (κ2) is 22.0. The SMILES string of the molecule is CC(C)(C)OC(=O)N[C@@H](CCCNC(=O)[C@@H](CC(=O)OCc1ccccc1)NC(=O)OC(C)(C)C)C(=O)N[C@H](CCc1ccccc1)C(=O)Nc1cnc2ccccc2c1. The zero-order valence-corrected chi connectivity index (χ0v) is 35.0. The molecular formula is C45H56N6O9. The third-order valence-corrected chi connectivity index (χ3v) is 8.65. The van der Waals surface area contributed by atoms with Gasteiger partial charge in [-0.05, 0) is 90.5 Å². The Kier molecular flexibility index (Phi) is 17.0. The minimum absolute atomic E-state index is 0.0102. The molecule has 60 heavy (non-hydrogen) atoms. The number of fused-ring (bicyclic) bond motifs is 1. The van der Waals surface area contributed by atoms with Crippen LogP contribution in [0.5, 0.6) is 0 Å². The van der Waals surface area contributed by atoms with Crippen LogP contribution in [0.25, 0.3) is 10.9 Å². The lowest BCUT2D eigenvalue weighted by atomic mass is 10.0. The quantitative estimate of drug-likeness (QED) is 0.0443. The average molecular weight is 825 g/mol. The molecule has 0 fully saturated rings. The summed E-state index contributed by atoms with van der Waals surface area (Å²) in [6.45, 7) is 9.99. The maximum atomic E-state index is 14.0. The summed E-state index contributed by atoms with van der Waals surface area (Å²) in [6.07, 6.45) is 0.163.